The van der Waals surface area contributed by atoms with Crippen molar-refractivity contribution in [1.29, 1.82) is 0 Å². The molecule has 2 amide bonds. The number of hydrogen-bond acceptors (Lipinski definition) is 6. The summed E-state index contributed by atoms with van der Waals surface area (Å²) in [6.07, 6.45) is -0.360. The fourth-order valence-electron chi connectivity index (χ4n) is 2.93. The van der Waals surface area contributed by atoms with Crippen molar-refractivity contribution in [3.63, 3.8) is 0 Å². The van der Waals surface area contributed by atoms with Gasteiger partial charge in [0.15, 0.2) is 11.5 Å². The summed E-state index contributed by atoms with van der Waals surface area (Å²) in [4.78, 5) is 25.7. The number of carbonyl (C=O) groups excluding carboxylic acids is 2. The summed E-state index contributed by atoms with van der Waals surface area (Å²) in [6, 6.07) is 12.1. The fourth-order valence-corrected chi connectivity index (χ4v) is 2.93. The minimum atomic E-state index is -0.490. The summed E-state index contributed by atoms with van der Waals surface area (Å²) in [6.45, 7) is 2.85. The van der Waals surface area contributed by atoms with Crippen molar-refractivity contribution in [1.82, 2.24) is 0 Å². The lowest BCUT2D eigenvalue weighted by atomic mass is 10.2. The molecule has 1 fully saturated rings. The van der Waals surface area contributed by atoms with E-state index in [9.17, 15) is 9.59 Å². The highest BCUT2D eigenvalue weighted by molar-refractivity contribution is 5.97. The van der Waals surface area contributed by atoms with Crippen LogP contribution in [-0.4, -0.2) is 38.0 Å². The van der Waals surface area contributed by atoms with E-state index in [0.29, 0.717) is 30.3 Å². The summed E-state index contributed by atoms with van der Waals surface area (Å²) in [5.74, 6) is 1.08. The van der Waals surface area contributed by atoms with Crippen molar-refractivity contribution in [3.8, 4) is 11.5 Å². The number of benzene rings is 2. The molecule has 1 unspecified atom stereocenters. The van der Waals surface area contributed by atoms with Crippen molar-refractivity contribution < 1.29 is 23.8 Å². The standard InChI is InChI=1S/C19H19N3O5/c1-12(18(23)21-14-5-6-16-17(10-14)27-11-26-16)20-13-3-2-4-15(9-13)22-7-8-25-19(22)24/h2-6,9-10,12,20H,7-8,11H2,1H3,(H,21,23). The monoisotopic (exact) mass is 369 g/mol. The first kappa shape index (κ1) is 17.0. The van der Waals surface area contributed by atoms with E-state index in [0.717, 1.165) is 11.4 Å². The van der Waals surface area contributed by atoms with Gasteiger partial charge in [0.2, 0.25) is 12.7 Å². The smallest absolute Gasteiger partial charge is 0.414 e. The maximum Gasteiger partial charge on any atom is 0.414 e. The average Bonchev–Trinajstić information content (AvgIpc) is 3.30. The van der Waals surface area contributed by atoms with Gasteiger partial charge in [-0.05, 0) is 37.3 Å². The molecule has 0 aromatic heterocycles. The third kappa shape index (κ3) is 3.59. The molecule has 2 aromatic rings. The molecule has 2 N–H and O–H groups in total. The molecule has 2 aliphatic heterocycles. The van der Waals surface area contributed by atoms with Gasteiger partial charge in [0.05, 0.1) is 6.54 Å². The van der Waals surface area contributed by atoms with E-state index in [4.69, 9.17) is 14.2 Å². The predicted molar refractivity (Wildman–Crippen MR) is 99.4 cm³/mol. The Kier molecular flexibility index (Phi) is 4.45. The van der Waals surface area contributed by atoms with Crippen LogP contribution in [-0.2, 0) is 9.53 Å². The van der Waals surface area contributed by atoms with E-state index in [1.54, 1.807) is 30.0 Å². The van der Waals surface area contributed by atoms with Crippen LogP contribution in [0.5, 0.6) is 11.5 Å². The molecule has 0 bridgehead atoms. The van der Waals surface area contributed by atoms with Crippen LogP contribution in [0, 0.1) is 0 Å². The second-order valence-corrected chi connectivity index (χ2v) is 6.24. The molecule has 8 heteroatoms. The number of fused-ring (bicyclic) bond motifs is 1. The van der Waals surface area contributed by atoms with Gasteiger partial charge in [-0.3, -0.25) is 9.69 Å². The van der Waals surface area contributed by atoms with Crippen LogP contribution in [0.1, 0.15) is 6.92 Å². The van der Waals surface area contributed by atoms with Gasteiger partial charge in [-0.15, -0.1) is 0 Å². The molecule has 0 radical (unpaired) electrons. The van der Waals surface area contributed by atoms with E-state index in [2.05, 4.69) is 10.6 Å². The number of cyclic esters (lactones) is 1. The number of hydrogen-bond donors (Lipinski definition) is 2. The number of ether oxygens (including phenoxy) is 3. The Morgan fingerprint density at radius 2 is 1.93 bits per heavy atom. The molecule has 1 saturated heterocycles. The summed E-state index contributed by atoms with van der Waals surface area (Å²) in [5.41, 5.74) is 2.10. The van der Waals surface area contributed by atoms with Crippen molar-refractivity contribution >= 4 is 29.1 Å². The Labute approximate surface area is 156 Å². The van der Waals surface area contributed by atoms with Gasteiger partial charge in [0.25, 0.3) is 0 Å². The second-order valence-electron chi connectivity index (χ2n) is 6.24. The molecular weight excluding hydrogens is 350 g/mol. The molecule has 1 atom stereocenters. The van der Waals surface area contributed by atoms with Gasteiger partial charge in [-0.1, -0.05) is 6.07 Å². The van der Waals surface area contributed by atoms with Crippen LogP contribution >= 0.6 is 0 Å². The van der Waals surface area contributed by atoms with Gasteiger partial charge in [0.1, 0.15) is 12.6 Å². The topological polar surface area (TPSA) is 89.1 Å². The van der Waals surface area contributed by atoms with Crippen molar-refractivity contribution in [3.05, 3.63) is 42.5 Å². The highest BCUT2D eigenvalue weighted by Gasteiger charge is 2.24. The van der Waals surface area contributed by atoms with Gasteiger partial charge in [0, 0.05) is 23.1 Å². The SMILES string of the molecule is CC(Nc1cccc(N2CCOC2=O)c1)C(=O)Nc1ccc2c(c1)OCO2. The maximum atomic E-state index is 12.5. The van der Waals surface area contributed by atoms with E-state index < -0.39 is 6.04 Å². The zero-order valence-corrected chi connectivity index (χ0v) is 14.7. The van der Waals surface area contributed by atoms with Crippen molar-refractivity contribution in [2.24, 2.45) is 0 Å². The predicted octanol–water partition coefficient (Wildman–Crippen LogP) is 2.81. The van der Waals surface area contributed by atoms with Gasteiger partial charge in [-0.2, -0.15) is 0 Å². The zero-order chi connectivity index (χ0) is 18.8. The molecule has 0 spiro atoms. The molecule has 2 aromatic carbocycles. The molecule has 2 aliphatic rings. The highest BCUT2D eigenvalue weighted by atomic mass is 16.7. The molecule has 27 heavy (non-hydrogen) atoms. The Morgan fingerprint density at radius 3 is 2.74 bits per heavy atom. The summed E-state index contributed by atoms with van der Waals surface area (Å²) in [7, 11) is 0. The molecule has 4 rings (SSSR count). The normalized spacial score (nSPS) is 16.0. The lowest BCUT2D eigenvalue weighted by Gasteiger charge is -2.18. The van der Waals surface area contributed by atoms with Crippen LogP contribution in [0.2, 0.25) is 0 Å². The van der Waals surface area contributed by atoms with E-state index in [1.807, 2.05) is 24.3 Å². The number of amides is 2. The quantitative estimate of drug-likeness (QED) is 0.842. The first-order valence-corrected chi connectivity index (χ1v) is 8.61. The van der Waals surface area contributed by atoms with Crippen LogP contribution in [0.3, 0.4) is 0 Å². The van der Waals surface area contributed by atoms with Crippen LogP contribution in [0.25, 0.3) is 0 Å². The first-order chi connectivity index (χ1) is 13.1. The Morgan fingerprint density at radius 1 is 1.07 bits per heavy atom. The zero-order valence-electron chi connectivity index (χ0n) is 14.7. The van der Waals surface area contributed by atoms with Crippen molar-refractivity contribution in [2.75, 3.05) is 35.5 Å². The average molecular weight is 369 g/mol. The molecule has 2 heterocycles. The van der Waals surface area contributed by atoms with Gasteiger partial charge < -0.3 is 24.8 Å². The van der Waals surface area contributed by atoms with Gasteiger partial charge in [-0.25, -0.2) is 4.79 Å². The number of carbonyl (C=O) groups is 2. The maximum absolute atomic E-state index is 12.5. The molecule has 0 saturated carbocycles. The van der Waals surface area contributed by atoms with Crippen LogP contribution < -0.4 is 25.0 Å². The number of anilines is 3. The third-order valence-corrected chi connectivity index (χ3v) is 4.34. The molecular formula is C19H19N3O5. The first-order valence-electron chi connectivity index (χ1n) is 8.61. The van der Waals surface area contributed by atoms with Crippen LogP contribution in [0.4, 0.5) is 21.9 Å². The fraction of sp³-hybridized carbons (Fsp3) is 0.263. The Hall–Kier alpha value is -3.42. The van der Waals surface area contributed by atoms with Gasteiger partial charge >= 0.3 is 6.09 Å². The molecule has 8 nitrogen and oxygen atoms in total. The number of nitrogens with zero attached hydrogens (tertiary/aromatic N) is 1. The summed E-state index contributed by atoms with van der Waals surface area (Å²) >= 11 is 0. The number of rotatable bonds is 5. The van der Waals surface area contributed by atoms with Crippen LogP contribution in [0.15, 0.2) is 42.5 Å². The largest absolute Gasteiger partial charge is 0.454 e. The minimum Gasteiger partial charge on any atom is -0.454 e. The van der Waals surface area contributed by atoms with E-state index in [1.165, 1.54) is 0 Å². The Bertz CT molecular complexity index is 885. The van der Waals surface area contributed by atoms with E-state index >= 15 is 0 Å². The number of nitrogens with one attached hydrogen (secondary N) is 2. The van der Waals surface area contributed by atoms with E-state index in [-0.39, 0.29) is 18.8 Å². The Balaban J connectivity index is 1.40. The minimum absolute atomic E-state index is 0.186. The third-order valence-electron chi connectivity index (χ3n) is 4.34. The summed E-state index contributed by atoms with van der Waals surface area (Å²) < 4.78 is 15.5. The highest BCUT2D eigenvalue weighted by Crippen LogP contribution is 2.34. The lowest BCUT2D eigenvalue weighted by Crippen LogP contribution is -2.32. The molecule has 140 valence electrons. The second kappa shape index (κ2) is 7.06. The lowest BCUT2D eigenvalue weighted by molar-refractivity contribution is -0.116. The molecule has 0 aliphatic carbocycles. The summed E-state index contributed by atoms with van der Waals surface area (Å²) in [5, 5.41) is 5.99. The van der Waals surface area contributed by atoms with Crippen molar-refractivity contribution in [2.45, 2.75) is 13.0 Å².